The maximum Gasteiger partial charge on any atom is 0.262 e. The molecule has 0 unspecified atom stereocenters. The molecule has 2 N–H and O–H groups in total. The van der Waals surface area contributed by atoms with Gasteiger partial charge in [0.2, 0.25) is 0 Å². The minimum absolute atomic E-state index is 0.0142. The zero-order chi connectivity index (χ0) is 16.2. The summed E-state index contributed by atoms with van der Waals surface area (Å²) in [5.41, 5.74) is 0.0647. The van der Waals surface area contributed by atoms with Gasteiger partial charge in [-0.2, -0.15) is 0 Å². The minimum atomic E-state index is -3.90. The first-order chi connectivity index (χ1) is 10.4. The molecule has 0 amide bonds. The monoisotopic (exact) mass is 345 g/mol. The fraction of sp³-hybridized carbons (Fsp3) is 0.143. The fourth-order valence-corrected chi connectivity index (χ4v) is 3.06. The molecule has 0 saturated carbocycles. The molecule has 22 heavy (non-hydrogen) atoms. The third-order valence-corrected chi connectivity index (χ3v) is 4.24. The van der Waals surface area contributed by atoms with Crippen LogP contribution in [0.15, 0.2) is 47.4 Å². The molecule has 0 aliphatic heterocycles. The number of hydrogen-bond donors (Lipinski definition) is 2. The largest absolute Gasteiger partial charge is 0.489 e. The van der Waals surface area contributed by atoms with Gasteiger partial charge in [0.15, 0.2) is 0 Å². The van der Waals surface area contributed by atoms with Gasteiger partial charge in [-0.05, 0) is 30.3 Å². The van der Waals surface area contributed by atoms with Crippen LogP contribution in [0.3, 0.4) is 0 Å². The van der Waals surface area contributed by atoms with E-state index in [1.807, 2.05) is 0 Å². The molecular weight excluding hydrogens is 333 g/mol. The summed E-state index contributed by atoms with van der Waals surface area (Å²) < 4.78 is 45.3. The molecule has 0 aliphatic carbocycles. The zero-order valence-corrected chi connectivity index (χ0v) is 12.9. The Morgan fingerprint density at radius 3 is 2.68 bits per heavy atom. The van der Waals surface area contributed by atoms with Crippen LogP contribution in [0.2, 0.25) is 5.02 Å². The Balaban J connectivity index is 2.33. The van der Waals surface area contributed by atoms with Crippen LogP contribution in [0.4, 0.5) is 10.1 Å². The summed E-state index contributed by atoms with van der Waals surface area (Å²) in [6.45, 7) is -0.369. The van der Waals surface area contributed by atoms with Crippen molar-refractivity contribution in [2.45, 2.75) is 4.90 Å². The van der Waals surface area contributed by atoms with Crippen LogP contribution in [-0.4, -0.2) is 26.7 Å². The van der Waals surface area contributed by atoms with Gasteiger partial charge < -0.3 is 9.84 Å². The summed E-state index contributed by atoms with van der Waals surface area (Å²) in [6, 6.07) is 9.10. The van der Waals surface area contributed by atoms with Gasteiger partial charge in [-0.3, -0.25) is 4.72 Å². The van der Waals surface area contributed by atoms with E-state index in [0.717, 1.165) is 12.1 Å². The van der Waals surface area contributed by atoms with Gasteiger partial charge in [0.1, 0.15) is 18.2 Å². The average molecular weight is 346 g/mol. The van der Waals surface area contributed by atoms with Gasteiger partial charge in [-0.1, -0.05) is 17.7 Å². The number of rotatable bonds is 6. The lowest BCUT2D eigenvalue weighted by molar-refractivity contribution is 0.201. The number of hydrogen-bond acceptors (Lipinski definition) is 4. The number of aliphatic hydroxyl groups is 1. The van der Waals surface area contributed by atoms with Crippen molar-refractivity contribution in [3.63, 3.8) is 0 Å². The maximum atomic E-state index is 13.2. The number of anilines is 1. The van der Waals surface area contributed by atoms with E-state index >= 15 is 0 Å². The quantitative estimate of drug-likeness (QED) is 0.844. The Labute approximate surface area is 132 Å². The molecule has 2 rings (SSSR count). The highest BCUT2D eigenvalue weighted by Gasteiger charge is 2.17. The number of aliphatic hydroxyl groups excluding tert-OH is 1. The minimum Gasteiger partial charge on any atom is -0.489 e. The first kappa shape index (κ1) is 16.5. The van der Waals surface area contributed by atoms with E-state index in [0.29, 0.717) is 0 Å². The lowest BCUT2D eigenvalue weighted by atomic mass is 10.3. The van der Waals surface area contributed by atoms with E-state index in [1.165, 1.54) is 24.3 Å². The van der Waals surface area contributed by atoms with Crippen LogP contribution in [0.5, 0.6) is 5.75 Å². The topological polar surface area (TPSA) is 75.6 Å². The van der Waals surface area contributed by atoms with Gasteiger partial charge >= 0.3 is 0 Å². The van der Waals surface area contributed by atoms with Crippen LogP contribution < -0.4 is 9.46 Å². The zero-order valence-electron chi connectivity index (χ0n) is 11.3. The van der Waals surface area contributed by atoms with Crippen LogP contribution in [0, 0.1) is 5.82 Å². The highest BCUT2D eigenvalue weighted by molar-refractivity contribution is 7.92. The second-order valence-corrected chi connectivity index (χ2v) is 6.39. The van der Waals surface area contributed by atoms with Crippen molar-refractivity contribution < 1.29 is 22.7 Å². The van der Waals surface area contributed by atoms with Crippen molar-refractivity contribution in [2.24, 2.45) is 0 Å². The van der Waals surface area contributed by atoms with E-state index in [1.54, 1.807) is 6.07 Å². The van der Waals surface area contributed by atoms with Crippen LogP contribution in [0.1, 0.15) is 0 Å². The molecule has 0 fully saturated rings. The highest BCUT2D eigenvalue weighted by atomic mass is 35.5. The SMILES string of the molecule is O=S(=O)(Nc1ccc(F)cc1OCCO)c1cccc(Cl)c1. The molecule has 0 spiro atoms. The van der Waals surface area contributed by atoms with Gasteiger partial charge in [0.25, 0.3) is 10.0 Å². The van der Waals surface area contributed by atoms with E-state index in [2.05, 4.69) is 4.72 Å². The van der Waals surface area contributed by atoms with Crippen LogP contribution >= 0.6 is 11.6 Å². The molecule has 5 nitrogen and oxygen atoms in total. The van der Waals surface area contributed by atoms with E-state index in [-0.39, 0.29) is 34.6 Å². The number of benzene rings is 2. The summed E-state index contributed by atoms with van der Waals surface area (Å²) in [5.74, 6) is -0.599. The molecule has 118 valence electrons. The van der Waals surface area contributed by atoms with Gasteiger partial charge in [0, 0.05) is 11.1 Å². The average Bonchev–Trinajstić information content (AvgIpc) is 2.47. The molecule has 0 radical (unpaired) electrons. The Bertz CT molecular complexity index is 767. The molecular formula is C14H13ClFNO4S. The van der Waals surface area contributed by atoms with Crippen LogP contribution in [0.25, 0.3) is 0 Å². The van der Waals surface area contributed by atoms with Crippen LogP contribution in [-0.2, 0) is 10.0 Å². The Morgan fingerprint density at radius 1 is 1.23 bits per heavy atom. The number of ether oxygens (including phenoxy) is 1. The van der Waals surface area contributed by atoms with Crippen molar-refractivity contribution in [3.8, 4) is 5.75 Å². The normalized spacial score (nSPS) is 11.2. The van der Waals surface area contributed by atoms with Crippen molar-refractivity contribution in [1.29, 1.82) is 0 Å². The summed E-state index contributed by atoms with van der Waals surface area (Å²) >= 11 is 5.78. The molecule has 0 aromatic heterocycles. The first-order valence-corrected chi connectivity index (χ1v) is 8.10. The van der Waals surface area contributed by atoms with Crippen molar-refractivity contribution in [3.05, 3.63) is 53.3 Å². The van der Waals surface area contributed by atoms with Crippen molar-refractivity contribution in [1.82, 2.24) is 0 Å². The molecule has 0 aliphatic rings. The molecule has 0 heterocycles. The highest BCUT2D eigenvalue weighted by Crippen LogP contribution is 2.28. The molecule has 0 atom stereocenters. The number of sulfonamides is 1. The Morgan fingerprint density at radius 2 is 2.00 bits per heavy atom. The van der Waals surface area contributed by atoms with Crippen molar-refractivity contribution in [2.75, 3.05) is 17.9 Å². The van der Waals surface area contributed by atoms with E-state index in [9.17, 15) is 12.8 Å². The molecule has 0 bridgehead atoms. The second kappa shape index (κ2) is 6.95. The summed E-state index contributed by atoms with van der Waals surface area (Å²) in [4.78, 5) is -0.0302. The fourth-order valence-electron chi connectivity index (χ4n) is 1.69. The van der Waals surface area contributed by atoms with E-state index < -0.39 is 15.8 Å². The van der Waals surface area contributed by atoms with Gasteiger partial charge in [-0.15, -0.1) is 0 Å². The smallest absolute Gasteiger partial charge is 0.262 e. The maximum absolute atomic E-state index is 13.2. The molecule has 8 heteroatoms. The van der Waals surface area contributed by atoms with E-state index in [4.69, 9.17) is 21.4 Å². The standard InChI is InChI=1S/C14H13ClFNO4S/c15-10-2-1-3-12(8-10)22(19,20)17-13-5-4-11(16)9-14(13)21-7-6-18/h1-5,8-9,17-18H,6-7H2. The lowest BCUT2D eigenvalue weighted by Gasteiger charge is -2.13. The predicted molar refractivity (Wildman–Crippen MR) is 81.2 cm³/mol. The molecule has 2 aromatic carbocycles. The summed E-state index contributed by atoms with van der Waals surface area (Å²) in [5, 5.41) is 9.03. The number of nitrogens with one attached hydrogen (secondary N) is 1. The Kier molecular flexibility index (Phi) is 5.23. The lowest BCUT2D eigenvalue weighted by Crippen LogP contribution is -2.14. The molecule has 2 aromatic rings. The molecule has 0 saturated heterocycles. The van der Waals surface area contributed by atoms with Gasteiger partial charge in [0.05, 0.1) is 17.2 Å². The Hall–Kier alpha value is -1.83. The van der Waals surface area contributed by atoms with Crippen molar-refractivity contribution >= 4 is 27.3 Å². The first-order valence-electron chi connectivity index (χ1n) is 6.24. The second-order valence-electron chi connectivity index (χ2n) is 4.28. The summed E-state index contributed by atoms with van der Waals surface area (Å²) in [6.07, 6.45) is 0. The number of halogens is 2. The predicted octanol–water partition coefficient (Wildman–Crippen LogP) is 2.65. The third-order valence-electron chi connectivity index (χ3n) is 2.64. The van der Waals surface area contributed by atoms with Gasteiger partial charge in [-0.25, -0.2) is 12.8 Å². The summed E-state index contributed by atoms with van der Waals surface area (Å²) in [7, 11) is -3.90. The third kappa shape index (κ3) is 4.09.